The lowest BCUT2D eigenvalue weighted by Crippen LogP contribution is -2.24. The van der Waals surface area contributed by atoms with E-state index in [1.807, 2.05) is 31.2 Å². The molecule has 0 fully saturated rings. The Morgan fingerprint density at radius 1 is 1.14 bits per heavy atom. The molecule has 0 heterocycles. The van der Waals surface area contributed by atoms with Crippen molar-refractivity contribution in [1.29, 1.82) is 0 Å². The molecule has 0 unspecified atom stereocenters. The number of halogens is 1. The van der Waals surface area contributed by atoms with E-state index in [1.165, 1.54) is 6.07 Å². The van der Waals surface area contributed by atoms with Crippen LogP contribution in [0.4, 0.5) is 0 Å². The van der Waals surface area contributed by atoms with Crippen LogP contribution in [0.2, 0.25) is 5.02 Å². The maximum atomic E-state index is 12.5. The van der Waals surface area contributed by atoms with Crippen LogP contribution in [0.3, 0.4) is 0 Å². The molecule has 2 aromatic rings. The highest BCUT2D eigenvalue weighted by Gasteiger charge is 2.20. The topological polar surface area (TPSA) is 55.4 Å². The summed E-state index contributed by atoms with van der Waals surface area (Å²) in [5.41, 5.74) is 2.01. The monoisotopic (exact) mass is 339 g/mol. The summed E-state index contributed by atoms with van der Waals surface area (Å²) < 4.78 is 32.9. The van der Waals surface area contributed by atoms with Crippen LogP contribution in [-0.2, 0) is 16.6 Å². The number of hydrogen-bond acceptors (Lipinski definition) is 3. The van der Waals surface area contributed by atoms with Gasteiger partial charge in [-0.25, -0.2) is 13.1 Å². The number of hydrogen-bond donors (Lipinski definition) is 1. The minimum absolute atomic E-state index is 0.0500. The van der Waals surface area contributed by atoms with E-state index in [4.69, 9.17) is 16.3 Å². The third-order valence-electron chi connectivity index (χ3n) is 3.08. The summed E-state index contributed by atoms with van der Waals surface area (Å²) in [4.78, 5) is 0.0500. The Balaban J connectivity index is 2.22. The molecule has 6 heteroatoms. The summed E-state index contributed by atoms with van der Waals surface area (Å²) in [7, 11) is -3.70. The summed E-state index contributed by atoms with van der Waals surface area (Å²) in [6, 6.07) is 12.2. The Kier molecular flexibility index (Phi) is 5.45. The molecule has 0 atom stereocenters. The molecule has 1 N–H and O–H groups in total. The van der Waals surface area contributed by atoms with Gasteiger partial charge in [0.15, 0.2) is 0 Å². The Labute approximate surface area is 136 Å². The van der Waals surface area contributed by atoms with Gasteiger partial charge >= 0.3 is 0 Å². The highest BCUT2D eigenvalue weighted by atomic mass is 35.5. The number of sulfonamides is 1. The van der Waals surface area contributed by atoms with Gasteiger partial charge in [0.1, 0.15) is 10.6 Å². The summed E-state index contributed by atoms with van der Waals surface area (Å²) in [5, 5.41) is 0.346. The molecule has 0 amide bonds. The molecule has 4 nitrogen and oxygen atoms in total. The number of nitrogens with one attached hydrogen (secondary N) is 1. The largest absolute Gasteiger partial charge is 0.492 e. The second-order valence-corrected chi connectivity index (χ2v) is 7.01. The standard InChI is InChI=1S/C16H18ClNO3S/c1-3-21-15-9-8-14(17)10-16(15)22(19,20)18-11-13-6-4-12(2)5-7-13/h4-10,18H,3,11H2,1-2H3. The average molecular weight is 340 g/mol. The molecular weight excluding hydrogens is 322 g/mol. The average Bonchev–Trinajstić information content (AvgIpc) is 2.49. The summed E-state index contributed by atoms with van der Waals surface area (Å²) in [6.45, 7) is 4.36. The molecular formula is C16H18ClNO3S. The number of aryl methyl sites for hydroxylation is 1. The van der Waals surface area contributed by atoms with Gasteiger partial charge in [0.25, 0.3) is 0 Å². The molecule has 0 aliphatic heterocycles. The SMILES string of the molecule is CCOc1ccc(Cl)cc1S(=O)(=O)NCc1ccc(C)cc1. The lowest BCUT2D eigenvalue weighted by molar-refractivity contribution is 0.331. The van der Waals surface area contributed by atoms with Gasteiger partial charge in [0.05, 0.1) is 6.61 Å². The predicted molar refractivity (Wildman–Crippen MR) is 87.8 cm³/mol. The zero-order valence-corrected chi connectivity index (χ0v) is 14.0. The van der Waals surface area contributed by atoms with Crippen LogP contribution in [-0.4, -0.2) is 15.0 Å². The van der Waals surface area contributed by atoms with Crippen LogP contribution < -0.4 is 9.46 Å². The van der Waals surface area contributed by atoms with E-state index in [0.29, 0.717) is 17.4 Å². The van der Waals surface area contributed by atoms with Crippen LogP contribution in [0.15, 0.2) is 47.4 Å². The maximum absolute atomic E-state index is 12.5. The van der Waals surface area contributed by atoms with Crippen LogP contribution in [0.5, 0.6) is 5.75 Å². The van der Waals surface area contributed by atoms with Crippen LogP contribution >= 0.6 is 11.6 Å². The van der Waals surface area contributed by atoms with Crippen molar-refractivity contribution in [3.8, 4) is 5.75 Å². The number of benzene rings is 2. The van der Waals surface area contributed by atoms with Crippen LogP contribution in [0.1, 0.15) is 18.1 Å². The highest BCUT2D eigenvalue weighted by molar-refractivity contribution is 7.89. The van der Waals surface area contributed by atoms with Gasteiger partial charge in [-0.15, -0.1) is 0 Å². The second kappa shape index (κ2) is 7.13. The van der Waals surface area contributed by atoms with E-state index in [1.54, 1.807) is 19.1 Å². The van der Waals surface area contributed by atoms with Crippen molar-refractivity contribution in [2.24, 2.45) is 0 Å². The smallest absolute Gasteiger partial charge is 0.244 e. The lowest BCUT2D eigenvalue weighted by atomic mass is 10.2. The van der Waals surface area contributed by atoms with E-state index in [2.05, 4.69) is 4.72 Å². The number of rotatable bonds is 6. The minimum atomic E-state index is -3.70. The van der Waals surface area contributed by atoms with E-state index in [9.17, 15) is 8.42 Å². The molecule has 2 rings (SSSR count). The van der Waals surface area contributed by atoms with Crippen LogP contribution in [0, 0.1) is 6.92 Å². The van der Waals surface area contributed by atoms with Crippen molar-refractivity contribution in [2.75, 3.05) is 6.61 Å². The summed E-state index contributed by atoms with van der Waals surface area (Å²) in [5.74, 6) is 0.295. The first-order valence-corrected chi connectivity index (χ1v) is 8.76. The molecule has 2 aromatic carbocycles. The predicted octanol–water partition coefficient (Wildman–Crippen LogP) is 3.53. The first kappa shape index (κ1) is 16.8. The molecule has 0 spiro atoms. The van der Waals surface area contributed by atoms with Crippen molar-refractivity contribution in [3.05, 3.63) is 58.6 Å². The van der Waals surface area contributed by atoms with Gasteiger partial charge in [-0.05, 0) is 37.6 Å². The zero-order valence-electron chi connectivity index (χ0n) is 12.5. The lowest BCUT2D eigenvalue weighted by Gasteiger charge is -2.12. The Bertz CT molecular complexity index is 742. The van der Waals surface area contributed by atoms with E-state index in [-0.39, 0.29) is 11.4 Å². The van der Waals surface area contributed by atoms with Gasteiger partial charge in [0.2, 0.25) is 10.0 Å². The first-order chi connectivity index (χ1) is 10.4. The third kappa shape index (κ3) is 4.22. The fourth-order valence-electron chi connectivity index (χ4n) is 1.93. The van der Waals surface area contributed by atoms with Crippen LogP contribution in [0.25, 0.3) is 0 Å². The molecule has 0 radical (unpaired) electrons. The zero-order chi connectivity index (χ0) is 16.2. The van der Waals surface area contributed by atoms with E-state index < -0.39 is 10.0 Å². The Morgan fingerprint density at radius 2 is 1.82 bits per heavy atom. The molecule has 0 aliphatic carbocycles. The van der Waals surface area contributed by atoms with Crippen molar-refractivity contribution >= 4 is 21.6 Å². The molecule has 0 aromatic heterocycles. The summed E-state index contributed by atoms with van der Waals surface area (Å²) >= 11 is 5.91. The Morgan fingerprint density at radius 3 is 2.45 bits per heavy atom. The molecule has 0 aliphatic rings. The van der Waals surface area contributed by atoms with Gasteiger partial charge in [-0.1, -0.05) is 41.4 Å². The quantitative estimate of drug-likeness (QED) is 0.876. The number of ether oxygens (including phenoxy) is 1. The van der Waals surface area contributed by atoms with Gasteiger partial charge in [0, 0.05) is 11.6 Å². The van der Waals surface area contributed by atoms with Crippen molar-refractivity contribution in [1.82, 2.24) is 4.72 Å². The van der Waals surface area contributed by atoms with Gasteiger partial charge in [-0.3, -0.25) is 0 Å². The first-order valence-electron chi connectivity index (χ1n) is 6.90. The Hall–Kier alpha value is -1.56. The fourth-order valence-corrected chi connectivity index (χ4v) is 3.35. The molecule has 0 saturated carbocycles. The van der Waals surface area contributed by atoms with E-state index >= 15 is 0 Å². The molecule has 0 bridgehead atoms. The minimum Gasteiger partial charge on any atom is -0.492 e. The van der Waals surface area contributed by atoms with E-state index in [0.717, 1.165) is 11.1 Å². The third-order valence-corrected chi connectivity index (χ3v) is 4.74. The molecule has 0 saturated heterocycles. The van der Waals surface area contributed by atoms with Crippen molar-refractivity contribution in [2.45, 2.75) is 25.3 Å². The van der Waals surface area contributed by atoms with Gasteiger partial charge < -0.3 is 4.74 Å². The molecule has 118 valence electrons. The van der Waals surface area contributed by atoms with Crippen molar-refractivity contribution in [3.63, 3.8) is 0 Å². The summed E-state index contributed by atoms with van der Waals surface area (Å²) in [6.07, 6.45) is 0. The molecule has 22 heavy (non-hydrogen) atoms. The van der Waals surface area contributed by atoms with Crippen molar-refractivity contribution < 1.29 is 13.2 Å². The highest BCUT2D eigenvalue weighted by Crippen LogP contribution is 2.27. The maximum Gasteiger partial charge on any atom is 0.244 e. The van der Waals surface area contributed by atoms with Gasteiger partial charge in [-0.2, -0.15) is 0 Å². The normalized spacial score (nSPS) is 11.4. The fraction of sp³-hybridized carbons (Fsp3) is 0.250. The second-order valence-electron chi connectivity index (χ2n) is 4.83.